The minimum Gasteiger partial charge on any atom is -0.458 e. The summed E-state index contributed by atoms with van der Waals surface area (Å²) in [5, 5.41) is 0. The van der Waals surface area contributed by atoms with Gasteiger partial charge in [0.05, 0.1) is 48.1 Å². The first-order valence-electron chi connectivity index (χ1n) is 22.4. The van der Waals surface area contributed by atoms with Crippen molar-refractivity contribution >= 4 is 59.1 Å². The van der Waals surface area contributed by atoms with Crippen LogP contribution in [0, 0.1) is 23.7 Å². The van der Waals surface area contributed by atoms with Crippen LogP contribution in [0.1, 0.15) is 108 Å². The molecule has 0 aromatic rings. The van der Waals surface area contributed by atoms with E-state index >= 15 is 0 Å². The number of halogens is 3. The number of carbonyl (C=O) groups is 4. The number of likely N-dealkylation sites (N-methyl/N-ethyl adjacent to an activating group) is 1. The Bertz CT molecular complexity index is 1660. The van der Waals surface area contributed by atoms with E-state index in [1.807, 2.05) is 53.6 Å². The normalized spacial score (nSPS) is 44.3. The van der Waals surface area contributed by atoms with Crippen molar-refractivity contribution in [2.45, 2.75) is 202 Å². The van der Waals surface area contributed by atoms with Crippen molar-refractivity contribution in [1.82, 2.24) is 4.90 Å². The Morgan fingerprint density at radius 2 is 1.56 bits per heavy atom. The van der Waals surface area contributed by atoms with Gasteiger partial charge in [-0.3, -0.25) is 9.59 Å². The topological polar surface area (TPSA) is 182 Å². The Kier molecular flexibility index (Phi) is 17.2. The van der Waals surface area contributed by atoms with E-state index in [4.69, 9.17) is 91.6 Å². The highest BCUT2D eigenvalue weighted by atomic mass is 35.6. The molecule has 2 bridgehead atoms. The number of fused-ring (bicyclic) bond motifs is 3. The van der Waals surface area contributed by atoms with Crippen LogP contribution in [-0.4, -0.2) is 151 Å². The third-order valence-electron chi connectivity index (χ3n) is 13.8. The van der Waals surface area contributed by atoms with Gasteiger partial charge in [-0.2, -0.15) is 0 Å². The van der Waals surface area contributed by atoms with Crippen LogP contribution in [0.25, 0.3) is 0 Å². The highest BCUT2D eigenvalue weighted by molar-refractivity contribution is 6.67. The van der Waals surface area contributed by atoms with Crippen LogP contribution in [0.15, 0.2) is 0 Å². The molecule has 17 nitrogen and oxygen atoms in total. The number of rotatable bonds is 11. The average Bonchev–Trinajstić information content (AvgIpc) is 3.69. The van der Waals surface area contributed by atoms with E-state index in [-0.39, 0.29) is 24.5 Å². The summed E-state index contributed by atoms with van der Waals surface area (Å²) in [7, 11) is 5.28. The molecule has 5 fully saturated rings. The predicted molar refractivity (Wildman–Crippen MR) is 232 cm³/mol. The van der Waals surface area contributed by atoms with Crippen LogP contribution in [0.2, 0.25) is 0 Å². The van der Waals surface area contributed by atoms with Gasteiger partial charge < -0.3 is 61.7 Å². The van der Waals surface area contributed by atoms with Gasteiger partial charge in [-0.15, -0.1) is 0 Å². The van der Waals surface area contributed by atoms with Crippen LogP contribution in [0.5, 0.6) is 0 Å². The second-order valence-electron chi connectivity index (χ2n) is 19.4. The number of hydrogen-bond acceptors (Lipinski definition) is 17. The number of cyclic esters (lactones) is 1. The van der Waals surface area contributed by atoms with Crippen molar-refractivity contribution in [3.05, 3.63) is 0 Å². The summed E-state index contributed by atoms with van der Waals surface area (Å²) in [5.74, 6) is -3.36. The zero-order valence-electron chi connectivity index (χ0n) is 39.6. The minimum absolute atomic E-state index is 0.0188. The van der Waals surface area contributed by atoms with Crippen molar-refractivity contribution < 1.29 is 76.0 Å². The van der Waals surface area contributed by atoms with Crippen molar-refractivity contribution in [2.75, 3.05) is 27.8 Å². The highest BCUT2D eigenvalue weighted by Crippen LogP contribution is 2.50. The zero-order valence-corrected chi connectivity index (χ0v) is 41.9. The van der Waals surface area contributed by atoms with Crippen LogP contribution >= 0.6 is 34.8 Å². The van der Waals surface area contributed by atoms with Gasteiger partial charge >= 0.3 is 24.2 Å². The van der Waals surface area contributed by atoms with Crippen LogP contribution in [0.4, 0.5) is 9.59 Å². The maximum Gasteiger partial charge on any atom is 0.509 e. The molecule has 368 valence electrons. The fraction of sp³-hybridized carbons (Fsp3) is 0.909. The van der Waals surface area contributed by atoms with Crippen LogP contribution < -0.4 is 0 Å². The fourth-order valence-corrected chi connectivity index (χ4v) is 10.9. The highest BCUT2D eigenvalue weighted by Gasteiger charge is 2.63. The molecule has 20 heteroatoms. The number of methoxy groups -OCH3 is 1. The SMILES string of the molecule is CCC[C@H]1OC(=O)[C@H](C)[C@@H](OC2CC(C)(OC)C(OC(=O)OCC(Cl)(Cl)Cl)C(C)O2)[C@H](C)[C@@H](OC2OC(C)CC(N(C)C)C2OC(C)=O)[C@]2(C)C[C@@H](C)[C@@H](O2)[C@H](C)[C@H]2OC(=O)O[C@@]21C. The lowest BCUT2D eigenvalue weighted by molar-refractivity contribution is -0.320. The summed E-state index contributed by atoms with van der Waals surface area (Å²) in [6.45, 7) is 19.4. The van der Waals surface area contributed by atoms with Gasteiger partial charge in [0, 0.05) is 32.3 Å². The van der Waals surface area contributed by atoms with Gasteiger partial charge in [-0.05, 0) is 80.8 Å². The Morgan fingerprint density at radius 1 is 0.891 bits per heavy atom. The molecule has 0 N–H and O–H groups in total. The molecular weight excluding hydrogens is 905 g/mol. The first-order chi connectivity index (χ1) is 29.7. The van der Waals surface area contributed by atoms with E-state index in [9.17, 15) is 19.2 Å². The largest absolute Gasteiger partial charge is 0.509 e. The van der Waals surface area contributed by atoms with E-state index in [0.717, 1.165) is 0 Å². The third-order valence-corrected chi connectivity index (χ3v) is 14.2. The number of hydrogen-bond donors (Lipinski definition) is 0. The van der Waals surface area contributed by atoms with Crippen molar-refractivity contribution in [2.24, 2.45) is 23.7 Å². The van der Waals surface area contributed by atoms with Crippen molar-refractivity contribution in [1.29, 1.82) is 0 Å². The van der Waals surface area contributed by atoms with Gasteiger partial charge in [-0.1, -0.05) is 68.9 Å². The molecule has 0 aliphatic carbocycles. The van der Waals surface area contributed by atoms with Crippen LogP contribution in [0.3, 0.4) is 0 Å². The third kappa shape index (κ3) is 11.7. The Morgan fingerprint density at radius 3 is 2.16 bits per heavy atom. The predicted octanol–water partition coefficient (Wildman–Crippen LogP) is 7.30. The molecule has 8 unspecified atom stereocenters. The lowest BCUT2D eigenvalue weighted by Crippen LogP contribution is -2.61. The minimum atomic E-state index is -1.86. The van der Waals surface area contributed by atoms with Gasteiger partial charge in [0.25, 0.3) is 0 Å². The zero-order chi connectivity index (χ0) is 47.9. The molecule has 5 aliphatic rings. The summed E-state index contributed by atoms with van der Waals surface area (Å²) >= 11 is 17.4. The summed E-state index contributed by atoms with van der Waals surface area (Å²) in [5.41, 5.74) is -3.66. The van der Waals surface area contributed by atoms with Crippen molar-refractivity contribution in [3.63, 3.8) is 0 Å². The molecule has 0 aromatic heterocycles. The molecular formula is C44H70Cl3NO16. The number of nitrogens with zero attached hydrogens (tertiary/aromatic N) is 1. The average molecular weight is 975 g/mol. The lowest BCUT2D eigenvalue weighted by atomic mass is 9.76. The maximum atomic E-state index is 14.8. The first-order valence-corrected chi connectivity index (χ1v) is 23.5. The van der Waals surface area contributed by atoms with E-state index < -0.39 is 131 Å². The molecule has 5 aliphatic heterocycles. The van der Waals surface area contributed by atoms with E-state index in [0.29, 0.717) is 25.7 Å². The molecule has 5 rings (SSSR count). The molecule has 19 atom stereocenters. The summed E-state index contributed by atoms with van der Waals surface area (Å²) in [4.78, 5) is 55.3. The molecule has 0 aromatic carbocycles. The molecule has 0 saturated carbocycles. The Balaban J connectivity index is 1.60. The Hall–Kier alpha value is -1.93. The first kappa shape index (κ1) is 53.0. The van der Waals surface area contributed by atoms with E-state index in [1.165, 1.54) is 14.0 Å². The molecule has 64 heavy (non-hydrogen) atoms. The molecule has 0 amide bonds. The number of esters is 2. The standard InChI is InChI=1S/C44H70Cl3NO16/c1-15-16-29-43(11)35(61-40(52)64-43)23(4)31-21(2)18-42(10,63-31)34(60-38-33(57-27(8)49)28(48(12)13)17-22(3)55-38)24(5)32(25(6)37(50)58-29)59-30-19-41(9,53-14)36(26(7)56-30)62-39(51)54-20-44(45,46)47/h21-26,28-36,38H,15-20H2,1-14H3/t21-,22?,23+,24+,25-,26?,28?,29-,30?,31-,32+,33?,34-,35-,36?,38?,41?,42+,43-/m1/s1. The lowest BCUT2D eigenvalue weighted by Gasteiger charge is -2.49. The van der Waals surface area contributed by atoms with Crippen molar-refractivity contribution in [3.8, 4) is 0 Å². The smallest absolute Gasteiger partial charge is 0.458 e. The second kappa shape index (κ2) is 20.7. The Labute approximate surface area is 392 Å². The summed E-state index contributed by atoms with van der Waals surface area (Å²) < 4.78 is 73.4. The molecule has 5 heterocycles. The summed E-state index contributed by atoms with van der Waals surface area (Å²) in [6, 6.07) is -0.267. The molecule has 5 saturated heterocycles. The monoisotopic (exact) mass is 973 g/mol. The van der Waals surface area contributed by atoms with E-state index in [2.05, 4.69) is 6.92 Å². The summed E-state index contributed by atoms with van der Waals surface area (Å²) in [6.07, 6.45) is -9.16. The van der Waals surface area contributed by atoms with Gasteiger partial charge in [0.1, 0.15) is 18.3 Å². The van der Waals surface area contributed by atoms with Gasteiger partial charge in [-0.25, -0.2) is 9.59 Å². The quantitative estimate of drug-likeness (QED) is 0.114. The maximum absolute atomic E-state index is 14.8. The van der Waals surface area contributed by atoms with Crippen LogP contribution in [-0.2, 0) is 66.4 Å². The van der Waals surface area contributed by atoms with Gasteiger partial charge in [0.2, 0.25) is 3.79 Å². The van der Waals surface area contributed by atoms with Gasteiger partial charge in [0.15, 0.2) is 36.5 Å². The molecule has 0 spiro atoms. The van der Waals surface area contributed by atoms with E-state index in [1.54, 1.807) is 27.7 Å². The second-order valence-corrected chi connectivity index (χ2v) is 21.9. The number of alkyl halides is 3. The number of carbonyl (C=O) groups excluding carboxylic acids is 4. The fourth-order valence-electron chi connectivity index (χ4n) is 10.7. The number of ether oxygens (including phenoxy) is 12. The molecule has 0 radical (unpaired) electrons.